The van der Waals surface area contributed by atoms with Gasteiger partial charge >= 0.3 is 0 Å². The Hall–Kier alpha value is -1.42. The first-order valence-corrected chi connectivity index (χ1v) is 4.62. The SMILES string of the molecule is COc1ccc([C@H](C)O)c(OC)c1OC. The van der Waals surface area contributed by atoms with Gasteiger partial charge in [0.25, 0.3) is 0 Å². The number of aliphatic hydroxyl groups excluding tert-OH is 1. The number of methoxy groups -OCH3 is 3. The van der Waals surface area contributed by atoms with Crippen LogP contribution in [-0.2, 0) is 0 Å². The minimum atomic E-state index is -0.611. The van der Waals surface area contributed by atoms with Crippen LogP contribution in [0, 0.1) is 0 Å². The molecule has 0 aromatic heterocycles. The maximum atomic E-state index is 9.54. The van der Waals surface area contributed by atoms with E-state index in [2.05, 4.69) is 0 Å². The van der Waals surface area contributed by atoms with Crippen LogP contribution < -0.4 is 14.2 Å². The molecule has 0 bridgehead atoms. The van der Waals surface area contributed by atoms with Gasteiger partial charge in [0.2, 0.25) is 5.75 Å². The molecule has 0 radical (unpaired) electrons. The molecule has 0 aliphatic carbocycles. The van der Waals surface area contributed by atoms with E-state index in [0.29, 0.717) is 22.8 Å². The highest BCUT2D eigenvalue weighted by Crippen LogP contribution is 2.41. The molecule has 1 atom stereocenters. The Bertz CT molecular complexity index is 334. The van der Waals surface area contributed by atoms with E-state index in [1.54, 1.807) is 26.2 Å². The van der Waals surface area contributed by atoms with Gasteiger partial charge in [0.1, 0.15) is 0 Å². The van der Waals surface area contributed by atoms with E-state index in [-0.39, 0.29) is 0 Å². The monoisotopic (exact) mass is 212 g/mol. The van der Waals surface area contributed by atoms with Crippen molar-refractivity contribution in [2.24, 2.45) is 0 Å². The van der Waals surface area contributed by atoms with E-state index in [4.69, 9.17) is 14.2 Å². The topological polar surface area (TPSA) is 47.9 Å². The van der Waals surface area contributed by atoms with E-state index in [1.807, 2.05) is 0 Å². The first-order valence-electron chi connectivity index (χ1n) is 4.62. The number of rotatable bonds is 4. The predicted octanol–water partition coefficient (Wildman–Crippen LogP) is 1.77. The fourth-order valence-electron chi connectivity index (χ4n) is 1.45. The summed E-state index contributed by atoms with van der Waals surface area (Å²) < 4.78 is 15.5. The van der Waals surface area contributed by atoms with Crippen LogP contribution in [0.3, 0.4) is 0 Å². The first kappa shape index (κ1) is 11.7. The van der Waals surface area contributed by atoms with Crippen molar-refractivity contribution in [2.75, 3.05) is 21.3 Å². The third-order valence-electron chi connectivity index (χ3n) is 2.18. The molecular formula is C11H16O4. The van der Waals surface area contributed by atoms with Crippen LogP contribution in [0.5, 0.6) is 17.2 Å². The van der Waals surface area contributed by atoms with Gasteiger partial charge in [0.05, 0.1) is 27.4 Å². The average Bonchev–Trinajstić information content (AvgIpc) is 2.26. The van der Waals surface area contributed by atoms with Crippen molar-refractivity contribution in [2.45, 2.75) is 13.0 Å². The van der Waals surface area contributed by atoms with Gasteiger partial charge in [-0.05, 0) is 19.1 Å². The van der Waals surface area contributed by atoms with Gasteiger partial charge in [-0.2, -0.15) is 0 Å². The van der Waals surface area contributed by atoms with Gasteiger partial charge in [-0.15, -0.1) is 0 Å². The van der Waals surface area contributed by atoms with Crippen molar-refractivity contribution >= 4 is 0 Å². The quantitative estimate of drug-likeness (QED) is 0.826. The zero-order chi connectivity index (χ0) is 11.4. The lowest BCUT2D eigenvalue weighted by Crippen LogP contribution is -2.01. The molecule has 0 spiro atoms. The minimum absolute atomic E-state index is 0.499. The second kappa shape index (κ2) is 4.89. The average molecular weight is 212 g/mol. The lowest BCUT2D eigenvalue weighted by molar-refractivity contribution is 0.192. The third kappa shape index (κ3) is 2.15. The van der Waals surface area contributed by atoms with Gasteiger partial charge in [0.15, 0.2) is 11.5 Å². The Morgan fingerprint density at radius 2 is 1.60 bits per heavy atom. The number of aliphatic hydroxyl groups is 1. The fourth-order valence-corrected chi connectivity index (χ4v) is 1.45. The lowest BCUT2D eigenvalue weighted by Gasteiger charge is -2.16. The highest BCUT2D eigenvalue weighted by Gasteiger charge is 2.17. The van der Waals surface area contributed by atoms with Crippen LogP contribution in [0.1, 0.15) is 18.6 Å². The van der Waals surface area contributed by atoms with Gasteiger partial charge < -0.3 is 19.3 Å². The molecule has 84 valence electrons. The summed E-state index contributed by atoms with van der Waals surface area (Å²) in [4.78, 5) is 0. The predicted molar refractivity (Wildman–Crippen MR) is 56.7 cm³/mol. The van der Waals surface area contributed by atoms with E-state index < -0.39 is 6.10 Å². The van der Waals surface area contributed by atoms with Gasteiger partial charge in [-0.3, -0.25) is 0 Å². The van der Waals surface area contributed by atoms with Crippen molar-refractivity contribution in [1.29, 1.82) is 0 Å². The van der Waals surface area contributed by atoms with Crippen LogP contribution in [0.2, 0.25) is 0 Å². The molecule has 4 nitrogen and oxygen atoms in total. The molecule has 1 N–H and O–H groups in total. The second-order valence-electron chi connectivity index (χ2n) is 3.10. The lowest BCUT2D eigenvalue weighted by atomic mass is 10.1. The summed E-state index contributed by atoms with van der Waals surface area (Å²) in [7, 11) is 4.62. The van der Waals surface area contributed by atoms with Crippen molar-refractivity contribution in [3.63, 3.8) is 0 Å². The van der Waals surface area contributed by atoms with E-state index >= 15 is 0 Å². The molecule has 0 fully saturated rings. The van der Waals surface area contributed by atoms with E-state index in [1.165, 1.54) is 14.2 Å². The Kier molecular flexibility index (Phi) is 3.80. The smallest absolute Gasteiger partial charge is 0.203 e. The molecule has 1 rings (SSSR count). The third-order valence-corrected chi connectivity index (χ3v) is 2.18. The van der Waals surface area contributed by atoms with Crippen molar-refractivity contribution in [3.8, 4) is 17.2 Å². The van der Waals surface area contributed by atoms with Crippen LogP contribution in [0.25, 0.3) is 0 Å². The number of benzene rings is 1. The molecule has 0 aliphatic rings. The van der Waals surface area contributed by atoms with E-state index in [9.17, 15) is 5.11 Å². The molecule has 0 saturated carbocycles. The molecule has 0 saturated heterocycles. The molecule has 4 heteroatoms. The Labute approximate surface area is 89.4 Å². The summed E-state index contributed by atoms with van der Waals surface area (Å²) in [6.07, 6.45) is -0.611. The van der Waals surface area contributed by atoms with Crippen molar-refractivity contribution in [1.82, 2.24) is 0 Å². The number of ether oxygens (including phenoxy) is 3. The summed E-state index contributed by atoms with van der Waals surface area (Å²) in [5, 5.41) is 9.54. The summed E-state index contributed by atoms with van der Waals surface area (Å²) in [6.45, 7) is 1.67. The van der Waals surface area contributed by atoms with Gasteiger partial charge in [-0.25, -0.2) is 0 Å². The van der Waals surface area contributed by atoms with Crippen LogP contribution in [-0.4, -0.2) is 26.4 Å². The zero-order valence-corrected chi connectivity index (χ0v) is 9.40. The second-order valence-corrected chi connectivity index (χ2v) is 3.10. The normalized spacial score (nSPS) is 12.1. The Balaban J connectivity index is 3.34. The molecule has 15 heavy (non-hydrogen) atoms. The molecule has 0 aliphatic heterocycles. The summed E-state index contributed by atoms with van der Waals surface area (Å²) in [5.74, 6) is 1.59. The number of hydrogen-bond donors (Lipinski definition) is 1. The molecule has 0 unspecified atom stereocenters. The minimum Gasteiger partial charge on any atom is -0.493 e. The first-order chi connectivity index (χ1) is 7.15. The molecule has 0 amide bonds. The molecule has 1 aromatic carbocycles. The fraction of sp³-hybridized carbons (Fsp3) is 0.455. The van der Waals surface area contributed by atoms with Crippen LogP contribution >= 0.6 is 0 Å². The van der Waals surface area contributed by atoms with Crippen LogP contribution in [0.15, 0.2) is 12.1 Å². The Morgan fingerprint density at radius 3 is 2.00 bits per heavy atom. The largest absolute Gasteiger partial charge is 0.493 e. The summed E-state index contributed by atoms with van der Waals surface area (Å²) >= 11 is 0. The standard InChI is InChI=1S/C11H16O4/c1-7(12)8-5-6-9(13-2)11(15-4)10(8)14-3/h5-7,12H,1-4H3/t7-/m0/s1. The Morgan fingerprint density at radius 1 is 1.00 bits per heavy atom. The zero-order valence-electron chi connectivity index (χ0n) is 9.40. The van der Waals surface area contributed by atoms with E-state index in [0.717, 1.165) is 0 Å². The molecule has 0 heterocycles. The summed E-state index contributed by atoms with van der Waals surface area (Å²) in [6, 6.07) is 3.49. The van der Waals surface area contributed by atoms with Crippen LogP contribution in [0.4, 0.5) is 0 Å². The van der Waals surface area contributed by atoms with Crippen molar-refractivity contribution in [3.05, 3.63) is 17.7 Å². The highest BCUT2D eigenvalue weighted by molar-refractivity contribution is 5.56. The van der Waals surface area contributed by atoms with Gasteiger partial charge in [-0.1, -0.05) is 0 Å². The number of hydrogen-bond acceptors (Lipinski definition) is 4. The summed E-state index contributed by atoms with van der Waals surface area (Å²) in [5.41, 5.74) is 0.676. The highest BCUT2D eigenvalue weighted by atomic mass is 16.5. The maximum absolute atomic E-state index is 9.54. The molecule has 1 aromatic rings. The van der Waals surface area contributed by atoms with Gasteiger partial charge in [0, 0.05) is 5.56 Å². The maximum Gasteiger partial charge on any atom is 0.203 e. The van der Waals surface area contributed by atoms with Crippen molar-refractivity contribution < 1.29 is 19.3 Å². The molecular weight excluding hydrogens is 196 g/mol.